The van der Waals surface area contributed by atoms with Crippen LogP contribution in [0.5, 0.6) is 0 Å². The first kappa shape index (κ1) is 14.7. The second-order valence-electron chi connectivity index (χ2n) is 5.58. The molecule has 2 nitrogen and oxygen atoms in total. The van der Waals surface area contributed by atoms with Crippen LogP contribution in [0.4, 0.5) is 0 Å². The maximum atomic E-state index is 4.34. The molecule has 106 valence electrons. The highest BCUT2D eigenvalue weighted by atomic mass is 14.9. The van der Waals surface area contributed by atoms with Gasteiger partial charge in [0.25, 0.3) is 0 Å². The van der Waals surface area contributed by atoms with Gasteiger partial charge in [0.15, 0.2) is 0 Å². The van der Waals surface area contributed by atoms with Crippen LogP contribution in [-0.4, -0.2) is 11.5 Å². The van der Waals surface area contributed by atoms with Gasteiger partial charge in [0.05, 0.1) is 6.04 Å². The first-order valence-electron chi connectivity index (χ1n) is 7.25. The lowest BCUT2D eigenvalue weighted by molar-refractivity contribution is 0.624. The van der Waals surface area contributed by atoms with E-state index >= 15 is 0 Å². The van der Waals surface area contributed by atoms with Crippen LogP contribution in [0.15, 0.2) is 30.6 Å². The van der Waals surface area contributed by atoms with Gasteiger partial charge in [-0.2, -0.15) is 0 Å². The lowest BCUT2D eigenvalue weighted by atomic mass is 9.92. The summed E-state index contributed by atoms with van der Waals surface area (Å²) in [6, 6.07) is 7.01. The van der Waals surface area contributed by atoms with E-state index in [0.29, 0.717) is 0 Å². The smallest absolute Gasteiger partial charge is 0.0594 e. The third-order valence-electron chi connectivity index (χ3n) is 3.83. The standard InChI is InChI=1S/C18H24N2/c1-6-20-18(16-7-12(2)10-19-11-16)17-9-14(4)13(3)8-15(17)5/h7-11,18,20H,6H2,1-5H3. The number of pyridine rings is 1. The average molecular weight is 268 g/mol. The fourth-order valence-corrected chi connectivity index (χ4v) is 2.64. The fourth-order valence-electron chi connectivity index (χ4n) is 2.64. The monoisotopic (exact) mass is 268 g/mol. The Morgan fingerprint density at radius 1 is 0.950 bits per heavy atom. The van der Waals surface area contributed by atoms with Gasteiger partial charge in [-0.05, 0) is 67.6 Å². The third kappa shape index (κ3) is 3.07. The summed E-state index contributed by atoms with van der Waals surface area (Å²) in [5.74, 6) is 0. The molecule has 0 aliphatic carbocycles. The first-order valence-corrected chi connectivity index (χ1v) is 7.25. The van der Waals surface area contributed by atoms with Gasteiger partial charge in [-0.25, -0.2) is 0 Å². The van der Waals surface area contributed by atoms with E-state index in [1.807, 2.05) is 12.4 Å². The van der Waals surface area contributed by atoms with Crippen LogP contribution in [0.2, 0.25) is 0 Å². The number of nitrogens with zero attached hydrogens (tertiary/aromatic N) is 1. The molecular weight excluding hydrogens is 244 g/mol. The summed E-state index contributed by atoms with van der Waals surface area (Å²) in [5.41, 5.74) is 7.81. The number of rotatable bonds is 4. The minimum Gasteiger partial charge on any atom is -0.306 e. The largest absolute Gasteiger partial charge is 0.306 e. The molecule has 1 atom stereocenters. The molecule has 0 amide bonds. The van der Waals surface area contributed by atoms with Crippen LogP contribution >= 0.6 is 0 Å². The van der Waals surface area contributed by atoms with Crippen molar-refractivity contribution in [1.82, 2.24) is 10.3 Å². The Balaban J connectivity index is 2.51. The summed E-state index contributed by atoms with van der Waals surface area (Å²) in [4.78, 5) is 4.34. The van der Waals surface area contributed by atoms with E-state index in [1.54, 1.807) is 0 Å². The molecule has 1 heterocycles. The summed E-state index contributed by atoms with van der Waals surface area (Å²) in [6.45, 7) is 11.7. The van der Waals surface area contributed by atoms with Gasteiger partial charge in [0.1, 0.15) is 0 Å². The molecule has 0 aliphatic rings. The zero-order valence-electron chi connectivity index (χ0n) is 13.1. The predicted octanol–water partition coefficient (Wildman–Crippen LogP) is 4.01. The highest BCUT2D eigenvalue weighted by Gasteiger charge is 2.16. The molecule has 2 aromatic rings. The van der Waals surface area contributed by atoms with E-state index in [0.717, 1.165) is 6.54 Å². The molecule has 1 unspecified atom stereocenters. The lowest BCUT2D eigenvalue weighted by Crippen LogP contribution is -2.23. The summed E-state index contributed by atoms with van der Waals surface area (Å²) >= 11 is 0. The number of benzene rings is 1. The number of aromatic nitrogens is 1. The van der Waals surface area contributed by atoms with Gasteiger partial charge in [0, 0.05) is 12.4 Å². The lowest BCUT2D eigenvalue weighted by Gasteiger charge is -2.22. The molecule has 0 bridgehead atoms. The highest BCUT2D eigenvalue weighted by molar-refractivity contribution is 5.42. The Kier molecular flexibility index (Phi) is 4.56. The summed E-state index contributed by atoms with van der Waals surface area (Å²) in [7, 11) is 0. The Morgan fingerprint density at radius 3 is 2.30 bits per heavy atom. The third-order valence-corrected chi connectivity index (χ3v) is 3.83. The molecule has 1 aromatic carbocycles. The van der Waals surface area contributed by atoms with E-state index in [-0.39, 0.29) is 6.04 Å². The van der Waals surface area contributed by atoms with E-state index in [1.165, 1.54) is 33.4 Å². The van der Waals surface area contributed by atoms with Crippen molar-refractivity contribution in [3.63, 3.8) is 0 Å². The molecule has 0 spiro atoms. The van der Waals surface area contributed by atoms with E-state index in [4.69, 9.17) is 0 Å². The second-order valence-corrected chi connectivity index (χ2v) is 5.58. The van der Waals surface area contributed by atoms with Crippen LogP contribution in [0.25, 0.3) is 0 Å². The Labute approximate surface area is 122 Å². The van der Waals surface area contributed by atoms with Crippen molar-refractivity contribution in [2.24, 2.45) is 0 Å². The molecule has 0 saturated heterocycles. The van der Waals surface area contributed by atoms with E-state index < -0.39 is 0 Å². The summed E-state index contributed by atoms with van der Waals surface area (Å²) < 4.78 is 0. The first-order chi connectivity index (χ1) is 9.52. The molecule has 0 saturated carbocycles. The Morgan fingerprint density at radius 2 is 1.65 bits per heavy atom. The number of aryl methyl sites for hydroxylation is 4. The van der Waals surface area contributed by atoms with Crippen LogP contribution in [0, 0.1) is 27.7 Å². The molecule has 1 N–H and O–H groups in total. The Hall–Kier alpha value is -1.67. The van der Waals surface area contributed by atoms with Crippen LogP contribution < -0.4 is 5.32 Å². The molecule has 0 radical (unpaired) electrons. The van der Waals surface area contributed by atoms with Crippen molar-refractivity contribution < 1.29 is 0 Å². The van der Waals surface area contributed by atoms with Gasteiger partial charge in [0.2, 0.25) is 0 Å². The van der Waals surface area contributed by atoms with Gasteiger partial charge >= 0.3 is 0 Å². The highest BCUT2D eigenvalue weighted by Crippen LogP contribution is 2.27. The normalized spacial score (nSPS) is 12.4. The summed E-state index contributed by atoms with van der Waals surface area (Å²) in [6.07, 6.45) is 3.87. The van der Waals surface area contributed by atoms with Crippen molar-refractivity contribution in [2.45, 2.75) is 40.7 Å². The minimum atomic E-state index is 0.215. The zero-order valence-corrected chi connectivity index (χ0v) is 13.1. The second kappa shape index (κ2) is 6.19. The van der Waals surface area contributed by atoms with Gasteiger partial charge in [-0.15, -0.1) is 0 Å². The molecule has 0 fully saturated rings. The Bertz CT molecular complexity index is 602. The van der Waals surface area contributed by atoms with Crippen molar-refractivity contribution in [1.29, 1.82) is 0 Å². The van der Waals surface area contributed by atoms with Gasteiger partial charge < -0.3 is 5.32 Å². The number of hydrogen-bond donors (Lipinski definition) is 1. The van der Waals surface area contributed by atoms with Crippen LogP contribution in [0.3, 0.4) is 0 Å². The van der Waals surface area contributed by atoms with Gasteiger partial charge in [-0.1, -0.05) is 25.1 Å². The SMILES string of the molecule is CCNC(c1cncc(C)c1)c1cc(C)c(C)cc1C. The van der Waals surface area contributed by atoms with E-state index in [9.17, 15) is 0 Å². The van der Waals surface area contributed by atoms with Crippen LogP contribution in [-0.2, 0) is 0 Å². The maximum Gasteiger partial charge on any atom is 0.0594 e. The van der Waals surface area contributed by atoms with Gasteiger partial charge in [-0.3, -0.25) is 4.98 Å². The molecule has 0 aliphatic heterocycles. The molecule has 1 aromatic heterocycles. The molecule has 2 heteroatoms. The molecular formula is C18H24N2. The molecule has 2 rings (SSSR count). The topological polar surface area (TPSA) is 24.9 Å². The minimum absolute atomic E-state index is 0.215. The van der Waals surface area contributed by atoms with E-state index in [2.05, 4.69) is 63.1 Å². The van der Waals surface area contributed by atoms with Crippen molar-refractivity contribution >= 4 is 0 Å². The predicted molar refractivity (Wildman–Crippen MR) is 85.1 cm³/mol. The summed E-state index contributed by atoms with van der Waals surface area (Å²) in [5, 5.41) is 3.59. The average Bonchev–Trinajstić information content (AvgIpc) is 2.40. The van der Waals surface area contributed by atoms with Crippen LogP contribution in [0.1, 0.15) is 46.3 Å². The fraction of sp³-hybridized carbons (Fsp3) is 0.389. The van der Waals surface area contributed by atoms with Crippen molar-refractivity contribution in [3.05, 3.63) is 64.0 Å². The van der Waals surface area contributed by atoms with Crippen molar-refractivity contribution in [3.8, 4) is 0 Å². The number of nitrogens with one attached hydrogen (secondary N) is 1. The molecule has 20 heavy (non-hydrogen) atoms. The van der Waals surface area contributed by atoms with Crippen molar-refractivity contribution in [2.75, 3.05) is 6.54 Å². The zero-order chi connectivity index (χ0) is 14.7. The quantitative estimate of drug-likeness (QED) is 0.906. The number of hydrogen-bond acceptors (Lipinski definition) is 2. The maximum absolute atomic E-state index is 4.34.